The van der Waals surface area contributed by atoms with E-state index >= 15 is 0 Å². The third-order valence-electron chi connectivity index (χ3n) is 2.71. The molecule has 0 spiro atoms. The molecule has 4 nitrogen and oxygen atoms in total. The first-order valence-electron chi connectivity index (χ1n) is 6.32. The van der Waals surface area contributed by atoms with Crippen molar-refractivity contribution in [2.75, 3.05) is 11.9 Å². The van der Waals surface area contributed by atoms with E-state index in [9.17, 15) is 9.18 Å². The Kier molecular flexibility index (Phi) is 4.64. The lowest BCUT2D eigenvalue weighted by Crippen LogP contribution is -2.12. The molecule has 2 rings (SSSR count). The number of halogens is 1. The molecule has 1 aromatic carbocycles. The van der Waals surface area contributed by atoms with Crippen molar-refractivity contribution in [3.8, 4) is 11.8 Å². The molecule has 0 aliphatic carbocycles. The molecule has 5 heteroatoms. The SMILES string of the molecule is Cc1cc(C(=O)Nc2ccc(C#CCN)c(F)c2)ccn1. The molecule has 0 saturated carbocycles. The Bertz CT molecular complexity index is 732. The summed E-state index contributed by atoms with van der Waals surface area (Å²) in [5.41, 5.74) is 7.06. The van der Waals surface area contributed by atoms with Gasteiger partial charge in [-0.25, -0.2) is 4.39 Å². The Morgan fingerprint density at radius 3 is 2.86 bits per heavy atom. The van der Waals surface area contributed by atoms with Crippen LogP contribution < -0.4 is 11.1 Å². The predicted octanol–water partition coefficient (Wildman–Crippen LogP) is 2.09. The molecule has 0 aliphatic heterocycles. The third kappa shape index (κ3) is 3.88. The third-order valence-corrected chi connectivity index (χ3v) is 2.71. The lowest BCUT2D eigenvalue weighted by molar-refractivity contribution is 0.102. The fraction of sp³-hybridized carbons (Fsp3) is 0.125. The van der Waals surface area contributed by atoms with E-state index in [1.807, 2.05) is 0 Å². The summed E-state index contributed by atoms with van der Waals surface area (Å²) in [5.74, 6) is 4.38. The zero-order chi connectivity index (χ0) is 15.2. The van der Waals surface area contributed by atoms with Crippen LogP contribution in [0.1, 0.15) is 21.6 Å². The molecular formula is C16H14FN3O. The van der Waals surface area contributed by atoms with E-state index in [4.69, 9.17) is 5.73 Å². The van der Waals surface area contributed by atoms with Gasteiger partial charge in [0.15, 0.2) is 0 Å². The minimum absolute atomic E-state index is 0.166. The maximum Gasteiger partial charge on any atom is 0.255 e. The summed E-state index contributed by atoms with van der Waals surface area (Å²) in [5, 5.41) is 2.63. The summed E-state index contributed by atoms with van der Waals surface area (Å²) in [6.07, 6.45) is 1.55. The topological polar surface area (TPSA) is 68.0 Å². The van der Waals surface area contributed by atoms with Crippen molar-refractivity contribution < 1.29 is 9.18 Å². The number of anilines is 1. The van der Waals surface area contributed by atoms with Crippen molar-refractivity contribution in [2.45, 2.75) is 6.92 Å². The number of hydrogen-bond donors (Lipinski definition) is 2. The highest BCUT2D eigenvalue weighted by Gasteiger charge is 2.08. The molecule has 21 heavy (non-hydrogen) atoms. The van der Waals surface area contributed by atoms with Gasteiger partial charge in [-0.1, -0.05) is 11.8 Å². The van der Waals surface area contributed by atoms with Crippen molar-refractivity contribution in [1.29, 1.82) is 0 Å². The van der Waals surface area contributed by atoms with Crippen LogP contribution in [0.2, 0.25) is 0 Å². The molecule has 0 fully saturated rings. The van der Waals surface area contributed by atoms with Crippen LogP contribution in [0.25, 0.3) is 0 Å². The van der Waals surface area contributed by atoms with Crippen molar-refractivity contribution in [2.24, 2.45) is 5.73 Å². The van der Waals surface area contributed by atoms with Gasteiger partial charge in [0.1, 0.15) is 5.82 Å². The number of carbonyl (C=O) groups is 1. The van der Waals surface area contributed by atoms with Gasteiger partial charge in [-0.3, -0.25) is 9.78 Å². The zero-order valence-corrected chi connectivity index (χ0v) is 11.5. The number of aryl methyl sites for hydroxylation is 1. The number of hydrogen-bond acceptors (Lipinski definition) is 3. The monoisotopic (exact) mass is 283 g/mol. The van der Waals surface area contributed by atoms with Gasteiger partial charge >= 0.3 is 0 Å². The Balaban J connectivity index is 2.17. The minimum atomic E-state index is -0.500. The second-order valence-corrected chi connectivity index (χ2v) is 4.34. The summed E-state index contributed by atoms with van der Waals surface area (Å²) in [7, 11) is 0. The lowest BCUT2D eigenvalue weighted by atomic mass is 10.1. The number of aromatic nitrogens is 1. The summed E-state index contributed by atoms with van der Waals surface area (Å²) in [6, 6.07) is 7.58. The number of nitrogens with one attached hydrogen (secondary N) is 1. The van der Waals surface area contributed by atoms with Crippen molar-refractivity contribution in [1.82, 2.24) is 4.98 Å². The largest absolute Gasteiger partial charge is 0.322 e. The van der Waals surface area contributed by atoms with Gasteiger partial charge in [0.2, 0.25) is 0 Å². The number of carbonyl (C=O) groups excluding carboxylic acids is 1. The predicted molar refractivity (Wildman–Crippen MR) is 79.3 cm³/mol. The highest BCUT2D eigenvalue weighted by atomic mass is 19.1. The van der Waals surface area contributed by atoms with Crippen LogP contribution in [-0.2, 0) is 0 Å². The molecule has 0 radical (unpaired) electrons. The average Bonchev–Trinajstić information content (AvgIpc) is 2.46. The second kappa shape index (κ2) is 6.64. The fourth-order valence-corrected chi connectivity index (χ4v) is 1.73. The molecule has 0 saturated heterocycles. The molecule has 0 aliphatic rings. The van der Waals surface area contributed by atoms with E-state index in [0.717, 1.165) is 5.69 Å². The summed E-state index contributed by atoms with van der Waals surface area (Å²) in [4.78, 5) is 16.0. The molecule has 0 atom stereocenters. The van der Waals surface area contributed by atoms with E-state index in [1.165, 1.54) is 12.1 Å². The smallest absolute Gasteiger partial charge is 0.255 e. The molecule has 0 bridgehead atoms. The van der Waals surface area contributed by atoms with E-state index < -0.39 is 5.82 Å². The maximum atomic E-state index is 13.8. The number of pyridine rings is 1. The number of amides is 1. The Morgan fingerprint density at radius 2 is 2.19 bits per heavy atom. The van der Waals surface area contributed by atoms with Crippen LogP contribution in [0.15, 0.2) is 36.5 Å². The Labute approximate surface area is 122 Å². The number of nitrogens with zero attached hydrogens (tertiary/aromatic N) is 1. The molecule has 106 valence electrons. The molecule has 1 amide bonds. The van der Waals surface area contributed by atoms with Crippen LogP contribution in [-0.4, -0.2) is 17.4 Å². The van der Waals surface area contributed by atoms with E-state index in [0.29, 0.717) is 11.3 Å². The lowest BCUT2D eigenvalue weighted by Gasteiger charge is -2.06. The van der Waals surface area contributed by atoms with Crippen molar-refractivity contribution in [3.05, 3.63) is 59.2 Å². The van der Waals surface area contributed by atoms with Gasteiger partial charge in [0.25, 0.3) is 5.91 Å². The highest BCUT2D eigenvalue weighted by molar-refractivity contribution is 6.04. The van der Waals surface area contributed by atoms with Gasteiger partial charge in [0.05, 0.1) is 12.1 Å². The van der Waals surface area contributed by atoms with Gasteiger partial charge < -0.3 is 11.1 Å². The first-order valence-corrected chi connectivity index (χ1v) is 6.32. The normalized spacial score (nSPS) is 9.67. The average molecular weight is 283 g/mol. The highest BCUT2D eigenvalue weighted by Crippen LogP contribution is 2.15. The molecule has 0 unspecified atom stereocenters. The minimum Gasteiger partial charge on any atom is -0.322 e. The number of rotatable bonds is 2. The fourth-order valence-electron chi connectivity index (χ4n) is 1.73. The van der Waals surface area contributed by atoms with E-state index in [1.54, 1.807) is 31.3 Å². The van der Waals surface area contributed by atoms with Crippen LogP contribution in [0, 0.1) is 24.6 Å². The standard InChI is InChI=1S/C16H14FN3O/c1-11-9-13(6-8-19-11)16(21)20-14-5-4-12(3-2-7-18)15(17)10-14/h4-6,8-10H,7,18H2,1H3,(H,20,21). The van der Waals surface area contributed by atoms with E-state index in [2.05, 4.69) is 22.1 Å². The van der Waals surface area contributed by atoms with Crippen molar-refractivity contribution >= 4 is 11.6 Å². The second-order valence-electron chi connectivity index (χ2n) is 4.34. The Morgan fingerprint density at radius 1 is 1.38 bits per heavy atom. The van der Waals surface area contributed by atoms with Crippen LogP contribution in [0.3, 0.4) is 0 Å². The molecule has 2 aromatic rings. The van der Waals surface area contributed by atoms with Gasteiger partial charge in [-0.2, -0.15) is 0 Å². The number of benzene rings is 1. The van der Waals surface area contributed by atoms with Gasteiger partial charge in [0, 0.05) is 23.1 Å². The first-order chi connectivity index (χ1) is 10.1. The van der Waals surface area contributed by atoms with E-state index in [-0.39, 0.29) is 18.0 Å². The zero-order valence-electron chi connectivity index (χ0n) is 11.5. The summed E-state index contributed by atoms with van der Waals surface area (Å²) < 4.78 is 13.8. The summed E-state index contributed by atoms with van der Waals surface area (Å²) in [6.45, 7) is 1.96. The quantitative estimate of drug-likeness (QED) is 0.829. The molecule has 3 N–H and O–H groups in total. The molecule has 1 aromatic heterocycles. The van der Waals surface area contributed by atoms with Crippen LogP contribution in [0.5, 0.6) is 0 Å². The van der Waals surface area contributed by atoms with Gasteiger partial charge in [-0.15, -0.1) is 0 Å². The van der Waals surface area contributed by atoms with Crippen LogP contribution >= 0.6 is 0 Å². The Hall–Kier alpha value is -2.71. The summed E-state index contributed by atoms with van der Waals surface area (Å²) >= 11 is 0. The number of nitrogens with two attached hydrogens (primary N) is 1. The molecule has 1 heterocycles. The first kappa shape index (κ1) is 14.7. The molecular weight excluding hydrogens is 269 g/mol. The van der Waals surface area contributed by atoms with Gasteiger partial charge in [-0.05, 0) is 37.3 Å². The maximum absolute atomic E-state index is 13.8. The van der Waals surface area contributed by atoms with Crippen molar-refractivity contribution in [3.63, 3.8) is 0 Å². The van der Waals surface area contributed by atoms with Crippen LogP contribution in [0.4, 0.5) is 10.1 Å².